The van der Waals surface area contributed by atoms with Gasteiger partial charge in [-0.05, 0) is 25.7 Å². The van der Waals surface area contributed by atoms with Gasteiger partial charge in [0.25, 0.3) is 0 Å². The lowest BCUT2D eigenvalue weighted by Crippen LogP contribution is -2.33. The third-order valence-electron chi connectivity index (χ3n) is 5.90. The molecule has 0 aromatic carbocycles. The van der Waals surface area contributed by atoms with Crippen LogP contribution >= 0.6 is 0 Å². The topological polar surface area (TPSA) is 25.3 Å². The van der Waals surface area contributed by atoms with Crippen LogP contribution in [0.3, 0.4) is 0 Å². The van der Waals surface area contributed by atoms with Gasteiger partial charge in [0, 0.05) is 25.7 Å². The summed E-state index contributed by atoms with van der Waals surface area (Å²) in [5.74, 6) is 0. The van der Waals surface area contributed by atoms with E-state index in [0.717, 1.165) is 0 Å². The van der Waals surface area contributed by atoms with Gasteiger partial charge >= 0.3 is 0 Å². The highest BCUT2D eigenvalue weighted by Gasteiger charge is 2.24. The summed E-state index contributed by atoms with van der Waals surface area (Å²) in [5, 5.41) is 0. The normalized spacial score (nSPS) is 25.5. The van der Waals surface area contributed by atoms with Gasteiger partial charge in [-0.2, -0.15) is 0 Å². The predicted molar refractivity (Wildman–Crippen MR) is 94.3 cm³/mol. The average molecular weight is 307 g/mol. The molecule has 0 N–H and O–H groups in total. The Morgan fingerprint density at radius 3 is 0.909 bits per heavy atom. The zero-order valence-electron chi connectivity index (χ0n) is 14.8. The molecule has 0 spiro atoms. The lowest BCUT2D eigenvalue weighted by molar-refractivity contribution is -0.624. The minimum atomic E-state index is 0.436. The molecule has 0 atom stereocenters. The van der Waals surface area contributed by atoms with Gasteiger partial charge in [-0.3, -0.25) is 0 Å². The van der Waals surface area contributed by atoms with Crippen molar-refractivity contribution in [3.63, 3.8) is 0 Å². The summed E-state index contributed by atoms with van der Waals surface area (Å²) >= 11 is 0. The van der Waals surface area contributed by atoms with Crippen LogP contribution in [0, 0.1) is 0 Å². The van der Waals surface area contributed by atoms with Gasteiger partial charge in [0.2, 0.25) is 0 Å². The Bertz CT molecular complexity index is 252. The van der Waals surface area contributed by atoms with Gasteiger partial charge in [0.1, 0.15) is 12.1 Å². The van der Waals surface area contributed by atoms with Crippen molar-refractivity contribution < 1.29 is 4.70 Å². The summed E-state index contributed by atoms with van der Waals surface area (Å²) in [6.07, 6.45) is 24.1. The second-order valence-electron chi connectivity index (χ2n) is 7.79. The largest absolute Gasteiger partial charge is 0.506 e. The lowest BCUT2D eigenvalue weighted by Gasteiger charge is -2.27. The minimum absolute atomic E-state index is 0.436. The maximum atomic E-state index is 10.9. The number of hydrogen-bond donors (Lipinski definition) is 0. The van der Waals surface area contributed by atoms with Crippen LogP contribution in [0.1, 0.15) is 116 Å². The quantitative estimate of drug-likeness (QED) is 0.395. The summed E-state index contributed by atoms with van der Waals surface area (Å²) < 4.78 is 1.84. The van der Waals surface area contributed by atoms with Gasteiger partial charge < -0.3 is 10.2 Å². The molecule has 22 heavy (non-hydrogen) atoms. The first-order valence-corrected chi connectivity index (χ1v) is 10.3. The first kappa shape index (κ1) is 17.9. The maximum absolute atomic E-state index is 10.9. The Kier molecular flexibility index (Phi) is 9.12. The molecule has 2 aliphatic carbocycles. The van der Waals surface area contributed by atoms with Crippen molar-refractivity contribution in [1.29, 1.82) is 0 Å². The van der Waals surface area contributed by atoms with Crippen LogP contribution in [-0.2, 0) is 0 Å². The summed E-state index contributed by atoms with van der Waals surface area (Å²) in [6, 6.07) is 0.872. The molecule has 0 aromatic rings. The lowest BCUT2D eigenvalue weighted by atomic mass is 9.93. The molecule has 2 saturated carbocycles. The standard InChI is InChI=1S/C20H38N2/c21-22(19-15-11-7-3-1-4-8-12-16-19)20-17-13-9-5-2-6-10-14-18-20/h19-20H,1-18H2. The van der Waals surface area contributed by atoms with Crippen LogP contribution in [-0.4, -0.2) is 16.8 Å². The molecular formula is C20H38N2. The Hall–Kier alpha value is -0.400. The molecule has 0 bridgehead atoms. The third-order valence-corrected chi connectivity index (χ3v) is 5.90. The molecule has 0 radical (unpaired) electrons. The smallest absolute Gasteiger partial charge is 0.141 e. The van der Waals surface area contributed by atoms with Crippen LogP contribution in [0.5, 0.6) is 0 Å². The van der Waals surface area contributed by atoms with Crippen LogP contribution in [0.2, 0.25) is 0 Å². The Labute approximate surface area is 138 Å². The minimum Gasteiger partial charge on any atom is -0.506 e. The molecule has 0 aromatic heterocycles. The number of rotatable bonds is 2. The van der Waals surface area contributed by atoms with Gasteiger partial charge in [-0.25, -0.2) is 0 Å². The van der Waals surface area contributed by atoms with E-state index in [1.165, 1.54) is 116 Å². The molecule has 0 aliphatic heterocycles. The highest BCUT2D eigenvalue weighted by molar-refractivity contribution is 4.66. The Balaban J connectivity index is 1.86. The van der Waals surface area contributed by atoms with Crippen LogP contribution < -0.4 is 0 Å². The SMILES string of the molecule is [N-]=[N+](C1CCCCCCCCC1)C1CCCCCCCCC1. The number of hydrogen-bond acceptors (Lipinski definition) is 0. The Morgan fingerprint density at radius 1 is 0.409 bits per heavy atom. The summed E-state index contributed by atoms with van der Waals surface area (Å²) in [5.41, 5.74) is 10.9. The fraction of sp³-hybridized carbons (Fsp3) is 1.00. The monoisotopic (exact) mass is 306 g/mol. The molecule has 128 valence electrons. The van der Waals surface area contributed by atoms with E-state index in [9.17, 15) is 5.53 Å². The van der Waals surface area contributed by atoms with Crippen molar-refractivity contribution in [3.8, 4) is 0 Å². The van der Waals surface area contributed by atoms with E-state index in [1.54, 1.807) is 0 Å². The molecule has 0 amide bonds. The van der Waals surface area contributed by atoms with Crippen LogP contribution in [0.15, 0.2) is 0 Å². The first-order valence-electron chi connectivity index (χ1n) is 10.3. The van der Waals surface area contributed by atoms with Crippen molar-refractivity contribution in [2.45, 2.75) is 128 Å². The predicted octanol–water partition coefficient (Wildman–Crippen LogP) is 6.81. The van der Waals surface area contributed by atoms with Gasteiger partial charge in [0.15, 0.2) is 0 Å². The van der Waals surface area contributed by atoms with Crippen molar-refractivity contribution in [2.75, 3.05) is 0 Å². The zero-order valence-corrected chi connectivity index (χ0v) is 14.8. The van der Waals surface area contributed by atoms with Crippen molar-refractivity contribution in [2.24, 2.45) is 0 Å². The summed E-state index contributed by atoms with van der Waals surface area (Å²) in [6.45, 7) is 0. The van der Waals surface area contributed by atoms with E-state index < -0.39 is 0 Å². The fourth-order valence-electron chi connectivity index (χ4n) is 4.40. The maximum Gasteiger partial charge on any atom is 0.141 e. The summed E-state index contributed by atoms with van der Waals surface area (Å²) in [4.78, 5) is 0. The van der Waals surface area contributed by atoms with Crippen molar-refractivity contribution >= 4 is 0 Å². The summed E-state index contributed by atoms with van der Waals surface area (Å²) in [7, 11) is 0. The van der Waals surface area contributed by atoms with Gasteiger partial charge in [-0.1, -0.05) is 64.2 Å². The molecular weight excluding hydrogens is 268 g/mol. The fourth-order valence-corrected chi connectivity index (χ4v) is 4.40. The van der Waals surface area contributed by atoms with Crippen LogP contribution in [0.25, 0.3) is 5.53 Å². The molecule has 2 nitrogen and oxygen atoms in total. The van der Waals surface area contributed by atoms with E-state index in [0.29, 0.717) is 12.1 Å². The molecule has 0 heterocycles. The third kappa shape index (κ3) is 6.79. The highest BCUT2D eigenvalue weighted by Crippen LogP contribution is 2.24. The first-order chi connectivity index (χ1) is 10.9. The van der Waals surface area contributed by atoms with E-state index in [-0.39, 0.29) is 0 Å². The van der Waals surface area contributed by atoms with Crippen molar-refractivity contribution in [3.05, 3.63) is 5.53 Å². The van der Waals surface area contributed by atoms with E-state index in [2.05, 4.69) is 0 Å². The molecule has 2 fully saturated rings. The second-order valence-corrected chi connectivity index (χ2v) is 7.79. The molecule has 2 heteroatoms. The number of nitrogens with zero attached hydrogens (tertiary/aromatic N) is 2. The van der Waals surface area contributed by atoms with E-state index in [4.69, 9.17) is 0 Å². The molecule has 2 rings (SSSR count). The van der Waals surface area contributed by atoms with E-state index >= 15 is 0 Å². The Morgan fingerprint density at radius 2 is 0.636 bits per heavy atom. The van der Waals surface area contributed by atoms with E-state index in [1.807, 2.05) is 4.70 Å². The molecule has 0 unspecified atom stereocenters. The van der Waals surface area contributed by atoms with Crippen molar-refractivity contribution in [1.82, 2.24) is 0 Å². The van der Waals surface area contributed by atoms with Gasteiger partial charge in [0.05, 0.1) is 0 Å². The second kappa shape index (κ2) is 11.2. The average Bonchev–Trinajstić information content (AvgIpc) is 2.56. The zero-order chi connectivity index (χ0) is 15.5. The molecule has 2 aliphatic rings. The molecule has 0 saturated heterocycles. The highest BCUT2D eigenvalue weighted by atomic mass is 15.2. The van der Waals surface area contributed by atoms with Gasteiger partial charge in [-0.15, -0.1) is 0 Å². The van der Waals surface area contributed by atoms with Crippen LogP contribution in [0.4, 0.5) is 0 Å².